The fourth-order valence-corrected chi connectivity index (χ4v) is 1.94. The molecular formula is C15H14ClFN2O2. The number of benzene rings is 2. The highest BCUT2D eigenvalue weighted by Gasteiger charge is 2.06. The molecule has 110 valence electrons. The number of hydrogen-bond donors (Lipinski definition) is 2. The molecule has 2 aromatic carbocycles. The lowest BCUT2D eigenvalue weighted by atomic mass is 10.3. The number of carbonyl (C=O) groups excluding carboxylic acids is 1. The Morgan fingerprint density at radius 1 is 1.29 bits per heavy atom. The second-order valence-corrected chi connectivity index (χ2v) is 4.78. The van der Waals surface area contributed by atoms with Gasteiger partial charge in [0.15, 0.2) is 0 Å². The van der Waals surface area contributed by atoms with Gasteiger partial charge in [-0.15, -0.1) is 0 Å². The highest BCUT2D eigenvalue weighted by molar-refractivity contribution is 6.30. The predicted molar refractivity (Wildman–Crippen MR) is 81.0 cm³/mol. The number of para-hydroxylation sites is 2. The van der Waals surface area contributed by atoms with Crippen molar-refractivity contribution in [3.8, 4) is 5.75 Å². The maximum Gasteiger partial charge on any atom is 0.227 e. The van der Waals surface area contributed by atoms with E-state index in [0.29, 0.717) is 17.1 Å². The smallest absolute Gasteiger partial charge is 0.227 e. The Bertz CT molecular complexity index is 629. The first kappa shape index (κ1) is 15.1. The molecule has 4 nitrogen and oxygen atoms in total. The van der Waals surface area contributed by atoms with Crippen LogP contribution in [0.3, 0.4) is 0 Å². The maximum absolute atomic E-state index is 13.1. The first-order chi connectivity index (χ1) is 10.0. The molecule has 0 saturated heterocycles. The quantitative estimate of drug-likeness (QED) is 0.831. The van der Waals surface area contributed by atoms with Gasteiger partial charge >= 0.3 is 0 Å². The van der Waals surface area contributed by atoms with Gasteiger partial charge in [0, 0.05) is 10.7 Å². The number of carbonyl (C=O) groups is 1. The second-order valence-electron chi connectivity index (χ2n) is 4.34. The zero-order chi connectivity index (χ0) is 15.2. The summed E-state index contributed by atoms with van der Waals surface area (Å²) in [5, 5.41) is 2.77. The third-order valence-electron chi connectivity index (χ3n) is 2.65. The molecule has 0 saturated carbocycles. The van der Waals surface area contributed by atoms with E-state index < -0.39 is 5.82 Å². The van der Waals surface area contributed by atoms with Gasteiger partial charge in [-0.3, -0.25) is 4.79 Å². The normalized spacial score (nSPS) is 10.2. The monoisotopic (exact) mass is 308 g/mol. The molecule has 6 heteroatoms. The number of nitrogen functional groups attached to an aromatic ring is 1. The summed E-state index contributed by atoms with van der Waals surface area (Å²) < 4.78 is 18.5. The van der Waals surface area contributed by atoms with Crippen LogP contribution in [0.25, 0.3) is 0 Å². The van der Waals surface area contributed by atoms with Crippen LogP contribution in [-0.2, 0) is 4.79 Å². The summed E-state index contributed by atoms with van der Waals surface area (Å²) in [6.07, 6.45) is 0.114. The molecular weight excluding hydrogens is 295 g/mol. The van der Waals surface area contributed by atoms with E-state index in [9.17, 15) is 9.18 Å². The first-order valence-electron chi connectivity index (χ1n) is 6.28. The van der Waals surface area contributed by atoms with Crippen molar-refractivity contribution < 1.29 is 13.9 Å². The van der Waals surface area contributed by atoms with Crippen molar-refractivity contribution in [1.82, 2.24) is 0 Å². The number of rotatable bonds is 5. The minimum absolute atomic E-state index is 0.114. The van der Waals surface area contributed by atoms with E-state index >= 15 is 0 Å². The number of nitrogens with one attached hydrogen (secondary N) is 1. The summed E-state index contributed by atoms with van der Waals surface area (Å²) in [5.74, 6) is -0.281. The molecule has 0 radical (unpaired) electrons. The maximum atomic E-state index is 13.1. The van der Waals surface area contributed by atoms with Gasteiger partial charge in [-0.25, -0.2) is 4.39 Å². The van der Waals surface area contributed by atoms with Gasteiger partial charge in [-0.1, -0.05) is 23.7 Å². The van der Waals surface area contributed by atoms with Crippen molar-refractivity contribution in [3.63, 3.8) is 0 Å². The average Bonchev–Trinajstić information content (AvgIpc) is 2.39. The zero-order valence-corrected chi connectivity index (χ0v) is 11.9. The molecule has 0 aliphatic rings. The number of nitrogens with two attached hydrogens (primary N) is 1. The van der Waals surface area contributed by atoms with Crippen LogP contribution < -0.4 is 15.8 Å². The Labute approximate surface area is 126 Å². The Morgan fingerprint density at radius 3 is 2.76 bits per heavy atom. The molecule has 2 rings (SSSR count). The van der Waals surface area contributed by atoms with E-state index in [1.807, 2.05) is 0 Å². The van der Waals surface area contributed by atoms with Gasteiger partial charge in [0.1, 0.15) is 11.6 Å². The van der Waals surface area contributed by atoms with Gasteiger partial charge in [-0.2, -0.15) is 0 Å². The minimum atomic E-state index is -0.508. The Balaban J connectivity index is 1.84. The lowest BCUT2D eigenvalue weighted by Crippen LogP contribution is -2.15. The molecule has 0 spiro atoms. The van der Waals surface area contributed by atoms with Crippen molar-refractivity contribution >= 4 is 28.9 Å². The Hall–Kier alpha value is -2.27. The van der Waals surface area contributed by atoms with Crippen LogP contribution in [0.1, 0.15) is 6.42 Å². The van der Waals surface area contributed by atoms with Crippen molar-refractivity contribution in [2.45, 2.75) is 6.42 Å². The van der Waals surface area contributed by atoms with Crippen molar-refractivity contribution in [1.29, 1.82) is 0 Å². The fourth-order valence-electron chi connectivity index (χ4n) is 1.72. The van der Waals surface area contributed by atoms with Gasteiger partial charge in [0.25, 0.3) is 0 Å². The standard InChI is InChI=1S/C15H14ClFN2O2/c16-10-7-11(17)9-12(8-10)19-15(20)5-6-21-14-4-2-1-3-13(14)18/h1-4,7-9H,5-6,18H2,(H,19,20). The minimum Gasteiger partial charge on any atom is -0.491 e. The van der Waals surface area contributed by atoms with Crippen LogP contribution in [0.15, 0.2) is 42.5 Å². The SMILES string of the molecule is Nc1ccccc1OCCC(=O)Nc1cc(F)cc(Cl)c1. The number of ether oxygens (including phenoxy) is 1. The van der Waals surface area contributed by atoms with Crippen LogP contribution >= 0.6 is 11.6 Å². The summed E-state index contributed by atoms with van der Waals surface area (Å²) in [7, 11) is 0. The summed E-state index contributed by atoms with van der Waals surface area (Å²) in [6, 6.07) is 10.9. The molecule has 21 heavy (non-hydrogen) atoms. The molecule has 2 aromatic rings. The highest BCUT2D eigenvalue weighted by Crippen LogP contribution is 2.20. The Kier molecular flexibility index (Phi) is 5.00. The first-order valence-corrected chi connectivity index (χ1v) is 6.65. The fraction of sp³-hybridized carbons (Fsp3) is 0.133. The van der Waals surface area contributed by atoms with Crippen LogP contribution in [0.2, 0.25) is 5.02 Å². The second kappa shape index (κ2) is 6.95. The summed E-state index contributed by atoms with van der Waals surface area (Å²) >= 11 is 5.71. The highest BCUT2D eigenvalue weighted by atomic mass is 35.5. The summed E-state index contributed by atoms with van der Waals surface area (Å²) in [6.45, 7) is 0.170. The number of anilines is 2. The van der Waals surface area contributed by atoms with E-state index in [0.717, 1.165) is 0 Å². The molecule has 0 fully saturated rings. The van der Waals surface area contributed by atoms with Crippen molar-refractivity contribution in [3.05, 3.63) is 53.3 Å². The van der Waals surface area contributed by atoms with E-state index in [4.69, 9.17) is 22.1 Å². The molecule has 0 unspecified atom stereocenters. The van der Waals surface area contributed by atoms with Crippen LogP contribution in [-0.4, -0.2) is 12.5 Å². The summed E-state index contributed by atoms with van der Waals surface area (Å²) in [5.41, 5.74) is 6.53. The molecule has 3 N–H and O–H groups in total. The van der Waals surface area contributed by atoms with E-state index in [2.05, 4.69) is 5.32 Å². The third kappa shape index (κ3) is 4.65. The van der Waals surface area contributed by atoms with E-state index in [-0.39, 0.29) is 24.0 Å². The lowest BCUT2D eigenvalue weighted by molar-refractivity contribution is -0.116. The van der Waals surface area contributed by atoms with Gasteiger partial charge < -0.3 is 15.8 Å². The largest absolute Gasteiger partial charge is 0.491 e. The summed E-state index contributed by atoms with van der Waals surface area (Å²) in [4.78, 5) is 11.7. The molecule has 0 bridgehead atoms. The van der Waals surface area contributed by atoms with Crippen LogP contribution in [0.4, 0.5) is 15.8 Å². The number of halogens is 2. The zero-order valence-electron chi connectivity index (χ0n) is 11.1. The van der Waals surface area contributed by atoms with Crippen molar-refractivity contribution in [2.24, 2.45) is 0 Å². The molecule has 1 amide bonds. The van der Waals surface area contributed by atoms with Crippen LogP contribution in [0, 0.1) is 5.82 Å². The molecule has 0 aliphatic carbocycles. The van der Waals surface area contributed by atoms with E-state index in [1.54, 1.807) is 24.3 Å². The van der Waals surface area contributed by atoms with Gasteiger partial charge in [0.2, 0.25) is 5.91 Å². The van der Waals surface area contributed by atoms with Gasteiger partial charge in [0.05, 0.1) is 18.7 Å². The number of hydrogen-bond acceptors (Lipinski definition) is 3. The van der Waals surface area contributed by atoms with Crippen LogP contribution in [0.5, 0.6) is 5.75 Å². The molecule has 0 atom stereocenters. The molecule has 0 aromatic heterocycles. The lowest BCUT2D eigenvalue weighted by Gasteiger charge is -2.09. The number of amides is 1. The third-order valence-corrected chi connectivity index (χ3v) is 2.87. The topological polar surface area (TPSA) is 64.3 Å². The molecule has 0 heterocycles. The Morgan fingerprint density at radius 2 is 2.05 bits per heavy atom. The van der Waals surface area contributed by atoms with Gasteiger partial charge in [-0.05, 0) is 30.3 Å². The molecule has 0 aliphatic heterocycles. The predicted octanol–water partition coefficient (Wildman–Crippen LogP) is 3.47. The van der Waals surface area contributed by atoms with Crippen molar-refractivity contribution in [2.75, 3.05) is 17.7 Å². The van der Waals surface area contributed by atoms with E-state index in [1.165, 1.54) is 18.2 Å². The average molecular weight is 309 g/mol.